The number of hydrogen-bond acceptors (Lipinski definition) is 5. The molecule has 148 valence electrons. The maximum atomic E-state index is 14.1. The molecule has 0 fully saturated rings. The van der Waals surface area contributed by atoms with Crippen molar-refractivity contribution in [1.29, 1.82) is 0 Å². The van der Waals surface area contributed by atoms with Gasteiger partial charge in [-0.1, -0.05) is 30.0 Å². The molecule has 1 unspecified atom stereocenters. The van der Waals surface area contributed by atoms with Gasteiger partial charge in [0, 0.05) is 16.0 Å². The molecule has 4 rings (SSSR count). The number of halogens is 1. The molecular weight excluding hydrogens is 391 g/mol. The summed E-state index contributed by atoms with van der Waals surface area (Å²) >= 11 is 1.29. The summed E-state index contributed by atoms with van der Waals surface area (Å²) in [4.78, 5) is 14.8. The fraction of sp³-hybridized carbons (Fsp3) is 0.143. The Labute approximate surface area is 170 Å². The van der Waals surface area contributed by atoms with E-state index in [1.54, 1.807) is 31.3 Å². The van der Waals surface area contributed by atoms with Crippen molar-refractivity contribution >= 4 is 17.3 Å². The van der Waals surface area contributed by atoms with Crippen molar-refractivity contribution in [3.05, 3.63) is 82.8 Å². The third-order valence-corrected chi connectivity index (χ3v) is 5.49. The van der Waals surface area contributed by atoms with Crippen LogP contribution in [0.2, 0.25) is 0 Å². The summed E-state index contributed by atoms with van der Waals surface area (Å²) < 4.78 is 22.1. The van der Waals surface area contributed by atoms with E-state index in [1.165, 1.54) is 34.0 Å². The van der Waals surface area contributed by atoms with Gasteiger partial charge in [0.15, 0.2) is 17.4 Å². The first-order valence-electron chi connectivity index (χ1n) is 8.96. The average Bonchev–Trinajstić information content (AvgIpc) is 3.11. The number of methoxy groups -OCH3 is 1. The van der Waals surface area contributed by atoms with Gasteiger partial charge in [0.1, 0.15) is 5.52 Å². The Morgan fingerprint density at radius 1 is 1.17 bits per heavy atom. The van der Waals surface area contributed by atoms with Crippen LogP contribution in [-0.4, -0.2) is 21.3 Å². The molecule has 0 aliphatic heterocycles. The first-order valence-corrected chi connectivity index (χ1v) is 9.78. The van der Waals surface area contributed by atoms with Crippen LogP contribution in [0.3, 0.4) is 0 Å². The highest BCUT2D eigenvalue weighted by molar-refractivity contribution is 7.99. The van der Waals surface area contributed by atoms with Crippen LogP contribution in [0, 0.1) is 5.82 Å². The number of rotatable bonds is 5. The van der Waals surface area contributed by atoms with E-state index < -0.39 is 11.9 Å². The van der Waals surface area contributed by atoms with Crippen LogP contribution in [-0.2, 0) is 0 Å². The molecule has 2 heterocycles. The number of para-hydroxylation sites is 1. The summed E-state index contributed by atoms with van der Waals surface area (Å²) in [7, 11) is 1.42. The van der Waals surface area contributed by atoms with Gasteiger partial charge in [0.05, 0.1) is 18.8 Å². The minimum absolute atomic E-state index is 0.172. The monoisotopic (exact) mass is 410 g/mol. The second-order valence-electron chi connectivity index (χ2n) is 6.49. The molecule has 6 nitrogen and oxygen atoms in total. The largest absolute Gasteiger partial charge is 0.494 e. The van der Waals surface area contributed by atoms with Crippen LogP contribution in [0.4, 0.5) is 4.39 Å². The van der Waals surface area contributed by atoms with Crippen LogP contribution < -0.4 is 16.0 Å². The fourth-order valence-electron chi connectivity index (χ4n) is 3.10. The lowest BCUT2D eigenvalue weighted by molar-refractivity contribution is 0.385. The highest BCUT2D eigenvalue weighted by atomic mass is 32.2. The minimum atomic E-state index is -0.458. The minimum Gasteiger partial charge on any atom is -0.494 e. The number of nitrogens with two attached hydrogens (primary N) is 1. The van der Waals surface area contributed by atoms with Crippen LogP contribution in [0.25, 0.3) is 11.2 Å². The number of ether oxygens (including phenoxy) is 1. The van der Waals surface area contributed by atoms with Gasteiger partial charge in [-0.15, -0.1) is 0 Å². The zero-order valence-corrected chi connectivity index (χ0v) is 16.7. The Balaban J connectivity index is 1.88. The SMILES string of the molecule is COc1ccc(Sc2ccn3nc(C(C)N)n(-c4ccccc4)c(=O)c23)cc1F. The van der Waals surface area contributed by atoms with E-state index in [-0.39, 0.29) is 11.3 Å². The molecule has 0 saturated heterocycles. The first kappa shape index (κ1) is 19.2. The molecular formula is C21H19FN4O2S. The highest BCUT2D eigenvalue weighted by Crippen LogP contribution is 2.33. The Hall–Kier alpha value is -3.10. The number of benzene rings is 2. The summed E-state index contributed by atoms with van der Waals surface area (Å²) in [6.07, 6.45) is 1.71. The normalized spacial score (nSPS) is 12.3. The van der Waals surface area contributed by atoms with Crippen LogP contribution in [0.15, 0.2) is 75.4 Å². The maximum absolute atomic E-state index is 14.1. The topological polar surface area (TPSA) is 74.5 Å². The van der Waals surface area contributed by atoms with Crippen molar-refractivity contribution in [2.45, 2.75) is 22.8 Å². The first-order chi connectivity index (χ1) is 14.0. The summed E-state index contributed by atoms with van der Waals surface area (Å²) in [6.45, 7) is 1.78. The Morgan fingerprint density at radius 3 is 2.59 bits per heavy atom. The van der Waals surface area contributed by atoms with E-state index in [1.807, 2.05) is 30.3 Å². The lowest BCUT2D eigenvalue weighted by atomic mass is 10.2. The van der Waals surface area contributed by atoms with Crippen LogP contribution in [0.1, 0.15) is 18.8 Å². The van der Waals surface area contributed by atoms with Crippen molar-refractivity contribution in [2.75, 3.05) is 7.11 Å². The van der Waals surface area contributed by atoms with E-state index in [2.05, 4.69) is 5.10 Å². The zero-order valence-electron chi connectivity index (χ0n) is 15.9. The molecule has 8 heteroatoms. The Bertz CT molecular complexity index is 1230. The van der Waals surface area contributed by atoms with Crippen molar-refractivity contribution < 1.29 is 9.13 Å². The lowest BCUT2D eigenvalue weighted by Gasteiger charge is -2.15. The number of fused-ring (bicyclic) bond motifs is 1. The molecule has 1 atom stereocenters. The van der Waals surface area contributed by atoms with Crippen molar-refractivity contribution in [3.63, 3.8) is 0 Å². The summed E-state index contributed by atoms with van der Waals surface area (Å²) in [5.41, 5.74) is 6.95. The Kier molecular flexibility index (Phi) is 5.12. The van der Waals surface area contributed by atoms with Gasteiger partial charge in [-0.3, -0.25) is 9.36 Å². The standard InChI is InChI=1S/C21H19FN4O2S/c1-13(23)20-24-25-11-10-18(29-15-8-9-17(28-2)16(22)12-15)19(25)21(27)26(20)14-6-4-3-5-7-14/h3-13H,23H2,1-2H3. The molecule has 0 spiro atoms. The quantitative estimate of drug-likeness (QED) is 0.542. The van der Waals surface area contributed by atoms with Crippen molar-refractivity contribution in [2.24, 2.45) is 5.73 Å². The number of hydrogen-bond donors (Lipinski definition) is 1. The maximum Gasteiger partial charge on any atom is 0.283 e. The lowest BCUT2D eigenvalue weighted by Crippen LogP contribution is -2.29. The van der Waals surface area contributed by atoms with Crippen LogP contribution in [0.5, 0.6) is 5.75 Å². The van der Waals surface area contributed by atoms with E-state index in [0.717, 1.165) is 0 Å². The average molecular weight is 410 g/mol. The summed E-state index contributed by atoms with van der Waals surface area (Å²) in [5.74, 6) is 0.169. The predicted octanol–water partition coefficient (Wildman–Crippen LogP) is 3.80. The molecule has 0 radical (unpaired) electrons. The van der Waals surface area contributed by atoms with Gasteiger partial charge >= 0.3 is 0 Å². The predicted molar refractivity (Wildman–Crippen MR) is 110 cm³/mol. The van der Waals surface area contributed by atoms with Gasteiger partial charge in [-0.05, 0) is 43.3 Å². The van der Waals surface area contributed by atoms with Crippen molar-refractivity contribution in [3.8, 4) is 11.4 Å². The molecule has 2 aromatic heterocycles. The van der Waals surface area contributed by atoms with E-state index in [9.17, 15) is 9.18 Å². The third-order valence-electron chi connectivity index (χ3n) is 4.45. The molecule has 0 saturated carbocycles. The van der Waals surface area contributed by atoms with Gasteiger partial charge in [-0.2, -0.15) is 5.10 Å². The smallest absolute Gasteiger partial charge is 0.283 e. The van der Waals surface area contributed by atoms with E-state index in [4.69, 9.17) is 10.5 Å². The molecule has 2 N–H and O–H groups in total. The zero-order chi connectivity index (χ0) is 20.5. The third kappa shape index (κ3) is 3.52. The fourth-order valence-corrected chi connectivity index (χ4v) is 4.06. The van der Waals surface area contributed by atoms with Gasteiger partial charge < -0.3 is 10.5 Å². The number of nitrogens with zero attached hydrogens (tertiary/aromatic N) is 3. The van der Waals surface area contributed by atoms with Gasteiger partial charge in [0.2, 0.25) is 0 Å². The second kappa shape index (κ2) is 7.73. The Morgan fingerprint density at radius 2 is 1.93 bits per heavy atom. The van der Waals surface area contributed by atoms with Gasteiger partial charge in [-0.25, -0.2) is 8.91 Å². The molecule has 0 bridgehead atoms. The molecule has 4 aromatic rings. The number of aromatic nitrogens is 3. The summed E-state index contributed by atoms with van der Waals surface area (Å²) in [6, 6.07) is 15.3. The van der Waals surface area contributed by atoms with Crippen LogP contribution >= 0.6 is 11.8 Å². The molecule has 2 aromatic carbocycles. The van der Waals surface area contributed by atoms with Crippen molar-refractivity contribution in [1.82, 2.24) is 14.2 Å². The molecule has 0 amide bonds. The highest BCUT2D eigenvalue weighted by Gasteiger charge is 2.19. The molecule has 0 aliphatic carbocycles. The van der Waals surface area contributed by atoms with E-state index in [0.29, 0.717) is 26.8 Å². The van der Waals surface area contributed by atoms with E-state index >= 15 is 0 Å². The summed E-state index contributed by atoms with van der Waals surface area (Å²) in [5, 5.41) is 4.57. The second-order valence-corrected chi connectivity index (χ2v) is 7.61. The van der Waals surface area contributed by atoms with Gasteiger partial charge in [0.25, 0.3) is 5.56 Å². The molecule has 29 heavy (non-hydrogen) atoms. The molecule has 0 aliphatic rings.